The van der Waals surface area contributed by atoms with Crippen molar-refractivity contribution in [1.29, 1.82) is 0 Å². The van der Waals surface area contributed by atoms with Gasteiger partial charge in [0.1, 0.15) is 0 Å². The summed E-state index contributed by atoms with van der Waals surface area (Å²) in [4.78, 5) is 24.1. The van der Waals surface area contributed by atoms with Crippen molar-refractivity contribution in [1.82, 2.24) is 0 Å². The topological polar surface area (TPSA) is 74.6 Å². The lowest BCUT2D eigenvalue weighted by molar-refractivity contribution is -0.154. The Kier molecular flexibility index (Phi) is 45.7. The van der Waals surface area contributed by atoms with Crippen LogP contribution < -0.4 is 0 Å². The van der Waals surface area contributed by atoms with E-state index in [0.29, 0.717) is 12.8 Å². The summed E-state index contributed by atoms with van der Waals surface area (Å²) in [5.74, 6) is -3.32. The van der Waals surface area contributed by atoms with Crippen LogP contribution in [-0.2, 0) is 9.59 Å². The van der Waals surface area contributed by atoms with Crippen LogP contribution in [0.25, 0.3) is 0 Å². The summed E-state index contributed by atoms with van der Waals surface area (Å²) < 4.78 is 0. The first kappa shape index (κ1) is 54.9. The zero-order chi connectivity index (χ0) is 40.8. The predicted octanol–water partition coefficient (Wildman–Crippen LogP) is 18.4. The van der Waals surface area contributed by atoms with E-state index in [1.165, 1.54) is 244 Å². The summed E-state index contributed by atoms with van der Waals surface area (Å²) in [6, 6.07) is 0. The lowest BCUT2D eigenvalue weighted by Gasteiger charge is -2.20. The molecule has 4 nitrogen and oxygen atoms in total. The number of carboxylic acid groups (broad SMARTS) is 2. The summed E-state index contributed by atoms with van der Waals surface area (Å²) in [6.45, 7) is 4.58. The molecular formula is C52H102O4. The minimum atomic E-state index is -0.917. The Hall–Kier alpha value is -1.06. The van der Waals surface area contributed by atoms with Crippen molar-refractivity contribution in [2.75, 3.05) is 0 Å². The maximum Gasteiger partial charge on any atom is 0.307 e. The van der Waals surface area contributed by atoms with E-state index >= 15 is 0 Å². The average Bonchev–Trinajstić information content (AvgIpc) is 3.18. The van der Waals surface area contributed by atoms with Gasteiger partial charge in [-0.15, -0.1) is 0 Å². The van der Waals surface area contributed by atoms with E-state index in [-0.39, 0.29) is 0 Å². The number of aliphatic carboxylic acids is 2. The Morgan fingerprint density at radius 3 is 0.500 bits per heavy atom. The third kappa shape index (κ3) is 41.1. The first-order chi connectivity index (χ1) is 27.5. The molecule has 2 atom stereocenters. The van der Waals surface area contributed by atoms with Gasteiger partial charge in [-0.3, -0.25) is 9.59 Å². The van der Waals surface area contributed by atoms with Gasteiger partial charge in [0, 0.05) is 0 Å². The molecule has 334 valence electrons. The Morgan fingerprint density at radius 1 is 0.250 bits per heavy atom. The van der Waals surface area contributed by atoms with Crippen LogP contribution in [-0.4, -0.2) is 22.2 Å². The fourth-order valence-corrected chi connectivity index (χ4v) is 8.94. The Labute approximate surface area is 351 Å². The molecule has 0 radical (unpaired) electrons. The standard InChI is InChI=1S/C52H102O4/c1-3-5-7-9-11-13-15-17-19-21-23-25-27-29-31-33-35-37-39-41-43-45-47-49(51(53)54)50(52(55)56)48-46-44-42-40-38-36-34-32-30-28-26-24-22-20-18-16-14-12-10-8-6-4-2/h49-50H,3-48H2,1-2H3,(H,53,54)(H,55,56). The van der Waals surface area contributed by atoms with E-state index in [9.17, 15) is 19.8 Å². The van der Waals surface area contributed by atoms with E-state index in [0.717, 1.165) is 38.5 Å². The third-order valence-electron chi connectivity index (χ3n) is 12.9. The molecule has 0 aromatic carbocycles. The number of rotatable bonds is 49. The monoisotopic (exact) mass is 791 g/mol. The highest BCUT2D eigenvalue weighted by atomic mass is 16.4. The molecule has 0 aromatic heterocycles. The van der Waals surface area contributed by atoms with Crippen LogP contribution in [0.1, 0.15) is 309 Å². The normalized spacial score (nSPS) is 12.7. The van der Waals surface area contributed by atoms with Gasteiger partial charge < -0.3 is 10.2 Å². The molecule has 0 aliphatic heterocycles. The van der Waals surface area contributed by atoms with Crippen molar-refractivity contribution in [2.24, 2.45) is 11.8 Å². The van der Waals surface area contributed by atoms with Crippen LogP contribution in [0.4, 0.5) is 0 Å². The first-order valence-corrected chi connectivity index (χ1v) is 26.0. The van der Waals surface area contributed by atoms with Gasteiger partial charge in [-0.25, -0.2) is 0 Å². The summed E-state index contributed by atoms with van der Waals surface area (Å²) in [5.41, 5.74) is 0. The van der Waals surface area contributed by atoms with E-state index in [1.807, 2.05) is 0 Å². The third-order valence-corrected chi connectivity index (χ3v) is 12.9. The lowest BCUT2D eigenvalue weighted by Crippen LogP contribution is -2.30. The second-order valence-electron chi connectivity index (χ2n) is 18.3. The SMILES string of the molecule is CCCCCCCCCCCCCCCCCCCCCCCCC(C(=O)O)C(CCCCCCCCCCCCCCCCCCCCCCCC)C(=O)O. The van der Waals surface area contributed by atoms with Crippen LogP contribution in [0.3, 0.4) is 0 Å². The quantitative estimate of drug-likeness (QED) is 0.0602. The van der Waals surface area contributed by atoms with Crippen LogP contribution in [0.15, 0.2) is 0 Å². The Balaban J connectivity index is 3.62. The van der Waals surface area contributed by atoms with Crippen LogP contribution in [0.2, 0.25) is 0 Å². The lowest BCUT2D eigenvalue weighted by atomic mass is 9.84. The van der Waals surface area contributed by atoms with Gasteiger partial charge in [0.15, 0.2) is 0 Å². The highest BCUT2D eigenvalue weighted by Gasteiger charge is 2.32. The molecule has 2 N–H and O–H groups in total. The summed E-state index contributed by atoms with van der Waals surface area (Å²) in [7, 11) is 0. The smallest absolute Gasteiger partial charge is 0.307 e. The van der Waals surface area contributed by atoms with Gasteiger partial charge in [0.25, 0.3) is 0 Å². The molecule has 0 fully saturated rings. The zero-order valence-corrected chi connectivity index (χ0v) is 38.4. The van der Waals surface area contributed by atoms with Crippen LogP contribution in [0.5, 0.6) is 0 Å². The molecule has 0 amide bonds. The van der Waals surface area contributed by atoms with E-state index in [4.69, 9.17) is 0 Å². The van der Waals surface area contributed by atoms with Crippen molar-refractivity contribution in [2.45, 2.75) is 309 Å². The van der Waals surface area contributed by atoms with E-state index in [1.54, 1.807) is 0 Å². The molecule has 0 aliphatic rings. The number of carbonyl (C=O) groups is 2. The molecular weight excluding hydrogens is 689 g/mol. The average molecular weight is 791 g/mol. The van der Waals surface area contributed by atoms with Crippen molar-refractivity contribution in [3.05, 3.63) is 0 Å². The predicted molar refractivity (Wildman–Crippen MR) is 246 cm³/mol. The van der Waals surface area contributed by atoms with Crippen LogP contribution >= 0.6 is 0 Å². The molecule has 0 heterocycles. The number of unbranched alkanes of at least 4 members (excludes halogenated alkanes) is 42. The molecule has 2 unspecified atom stereocenters. The largest absolute Gasteiger partial charge is 0.481 e. The van der Waals surface area contributed by atoms with Crippen molar-refractivity contribution in [3.63, 3.8) is 0 Å². The highest BCUT2D eigenvalue weighted by molar-refractivity contribution is 5.79. The van der Waals surface area contributed by atoms with Gasteiger partial charge in [0.2, 0.25) is 0 Å². The molecule has 0 aliphatic carbocycles. The molecule has 0 aromatic rings. The van der Waals surface area contributed by atoms with E-state index < -0.39 is 23.8 Å². The molecule has 0 spiro atoms. The van der Waals surface area contributed by atoms with Crippen LogP contribution in [0, 0.1) is 11.8 Å². The van der Waals surface area contributed by atoms with E-state index in [2.05, 4.69) is 13.8 Å². The van der Waals surface area contributed by atoms with Crippen molar-refractivity contribution >= 4 is 11.9 Å². The first-order valence-electron chi connectivity index (χ1n) is 26.0. The highest BCUT2D eigenvalue weighted by Crippen LogP contribution is 2.27. The molecule has 0 rings (SSSR count). The second kappa shape index (κ2) is 46.6. The van der Waals surface area contributed by atoms with Gasteiger partial charge in [-0.05, 0) is 12.8 Å². The fourth-order valence-electron chi connectivity index (χ4n) is 8.94. The minimum Gasteiger partial charge on any atom is -0.481 e. The summed E-state index contributed by atoms with van der Waals surface area (Å²) in [5, 5.41) is 19.8. The van der Waals surface area contributed by atoms with Gasteiger partial charge in [0.05, 0.1) is 11.8 Å². The summed E-state index contributed by atoms with van der Waals surface area (Å²) in [6.07, 6.45) is 59.9. The van der Waals surface area contributed by atoms with Crippen molar-refractivity contribution in [3.8, 4) is 0 Å². The fraction of sp³-hybridized carbons (Fsp3) is 0.962. The molecule has 0 saturated heterocycles. The van der Waals surface area contributed by atoms with Gasteiger partial charge >= 0.3 is 11.9 Å². The Morgan fingerprint density at radius 2 is 0.375 bits per heavy atom. The number of hydrogen-bond donors (Lipinski definition) is 2. The molecule has 0 bridgehead atoms. The maximum absolute atomic E-state index is 12.1. The van der Waals surface area contributed by atoms with Crippen molar-refractivity contribution < 1.29 is 19.8 Å². The minimum absolute atomic E-state index is 0.505. The number of hydrogen-bond acceptors (Lipinski definition) is 2. The number of carboxylic acids is 2. The zero-order valence-electron chi connectivity index (χ0n) is 38.4. The van der Waals surface area contributed by atoms with Gasteiger partial charge in [-0.2, -0.15) is 0 Å². The second-order valence-corrected chi connectivity index (χ2v) is 18.3. The Bertz CT molecular complexity index is 717. The summed E-state index contributed by atoms with van der Waals surface area (Å²) >= 11 is 0. The molecule has 4 heteroatoms. The van der Waals surface area contributed by atoms with Gasteiger partial charge in [-0.1, -0.05) is 296 Å². The molecule has 0 saturated carbocycles. The maximum atomic E-state index is 12.1. The molecule has 56 heavy (non-hydrogen) atoms.